The first-order valence-electron chi connectivity index (χ1n) is 6.99. The Balaban J connectivity index is 1.63. The largest absolute Gasteiger partial charge is 0.388 e. The quantitative estimate of drug-likeness (QED) is 0.932. The molecule has 0 saturated carbocycles. The van der Waals surface area contributed by atoms with Crippen LogP contribution in [0.15, 0.2) is 18.5 Å². The minimum Gasteiger partial charge on any atom is -0.388 e. The molecule has 2 aromatic heterocycles. The molecule has 102 valence electrons. The van der Waals surface area contributed by atoms with Crippen LogP contribution >= 0.6 is 11.3 Å². The van der Waals surface area contributed by atoms with E-state index in [0.29, 0.717) is 0 Å². The summed E-state index contributed by atoms with van der Waals surface area (Å²) in [5.41, 5.74) is 2.68. The average molecular weight is 276 g/mol. The lowest BCUT2D eigenvalue weighted by Gasteiger charge is -2.08. The third-order valence-corrected chi connectivity index (χ3v) is 5.15. The maximum atomic E-state index is 10.3. The maximum Gasteiger partial charge on any atom is 0.0885 e. The van der Waals surface area contributed by atoms with E-state index in [4.69, 9.17) is 0 Å². The highest BCUT2D eigenvalue weighted by Crippen LogP contribution is 2.34. The predicted octanol–water partition coefficient (Wildman–Crippen LogP) is 3.03. The van der Waals surface area contributed by atoms with Crippen LogP contribution in [0.4, 0.5) is 0 Å². The number of hydrogen-bond donors (Lipinski definition) is 1. The summed E-state index contributed by atoms with van der Waals surface area (Å²) < 4.78 is 1.81. The van der Waals surface area contributed by atoms with E-state index in [1.165, 1.54) is 41.7 Å². The monoisotopic (exact) mass is 276 g/mol. The van der Waals surface area contributed by atoms with E-state index < -0.39 is 0 Å². The Morgan fingerprint density at radius 3 is 3.00 bits per heavy atom. The summed E-state index contributed by atoms with van der Waals surface area (Å²) in [6.07, 6.45) is 10.3. The van der Waals surface area contributed by atoms with Crippen molar-refractivity contribution in [1.29, 1.82) is 0 Å². The Morgan fingerprint density at radius 2 is 2.26 bits per heavy atom. The second-order valence-electron chi connectivity index (χ2n) is 5.38. The number of aryl methyl sites for hydroxylation is 4. The molecule has 1 N–H and O–H groups in total. The van der Waals surface area contributed by atoms with E-state index in [9.17, 15) is 5.11 Å². The first kappa shape index (κ1) is 12.9. The molecule has 1 aliphatic carbocycles. The van der Waals surface area contributed by atoms with Crippen LogP contribution in [0.25, 0.3) is 0 Å². The zero-order valence-electron chi connectivity index (χ0n) is 11.3. The Bertz CT molecular complexity index is 535. The van der Waals surface area contributed by atoms with Crippen LogP contribution in [0.5, 0.6) is 0 Å². The molecule has 3 rings (SSSR count). The van der Waals surface area contributed by atoms with Crippen LogP contribution < -0.4 is 0 Å². The van der Waals surface area contributed by atoms with Crippen molar-refractivity contribution in [2.75, 3.05) is 0 Å². The molecule has 0 fully saturated rings. The first-order chi connectivity index (χ1) is 9.22. The summed E-state index contributed by atoms with van der Waals surface area (Å²) in [4.78, 5) is 2.65. The van der Waals surface area contributed by atoms with Gasteiger partial charge < -0.3 is 5.11 Å². The molecule has 1 unspecified atom stereocenters. The van der Waals surface area contributed by atoms with Crippen molar-refractivity contribution in [2.24, 2.45) is 7.05 Å². The normalized spacial score (nSPS) is 16.3. The highest BCUT2D eigenvalue weighted by atomic mass is 32.1. The molecule has 1 atom stereocenters. The lowest BCUT2D eigenvalue weighted by molar-refractivity contribution is 0.171. The zero-order valence-corrected chi connectivity index (χ0v) is 12.1. The number of aliphatic hydroxyl groups excluding tert-OH is 1. The van der Waals surface area contributed by atoms with Gasteiger partial charge in [0.05, 0.1) is 12.3 Å². The number of rotatable bonds is 4. The molecule has 1 aliphatic rings. The molecule has 3 nitrogen and oxygen atoms in total. The Morgan fingerprint density at radius 1 is 1.42 bits per heavy atom. The van der Waals surface area contributed by atoms with Crippen LogP contribution in [0.2, 0.25) is 0 Å². The van der Waals surface area contributed by atoms with Gasteiger partial charge in [0, 0.05) is 23.0 Å². The second-order valence-corrected chi connectivity index (χ2v) is 6.55. The summed E-state index contributed by atoms with van der Waals surface area (Å²) in [5.74, 6) is 0. The number of aromatic nitrogens is 2. The number of thiophene rings is 1. The SMILES string of the molecule is Cn1cc(CCC(O)c2cc3c(s2)CCCC3)cn1. The zero-order chi connectivity index (χ0) is 13.2. The van der Waals surface area contributed by atoms with Crippen LogP contribution in [-0.2, 0) is 26.3 Å². The fourth-order valence-corrected chi connectivity index (χ4v) is 4.00. The summed E-state index contributed by atoms with van der Waals surface area (Å²) in [6.45, 7) is 0. The fourth-order valence-electron chi connectivity index (χ4n) is 2.72. The van der Waals surface area contributed by atoms with E-state index in [1.54, 1.807) is 0 Å². The van der Waals surface area contributed by atoms with E-state index >= 15 is 0 Å². The molecule has 0 saturated heterocycles. The van der Waals surface area contributed by atoms with Crippen LogP contribution in [0.1, 0.15) is 46.2 Å². The molecule has 2 aromatic rings. The lowest BCUT2D eigenvalue weighted by Crippen LogP contribution is -1.97. The van der Waals surface area contributed by atoms with Gasteiger partial charge in [-0.25, -0.2) is 0 Å². The smallest absolute Gasteiger partial charge is 0.0885 e. The Labute approximate surface area is 117 Å². The molecule has 4 heteroatoms. The molecular weight excluding hydrogens is 256 g/mol. The van der Waals surface area contributed by atoms with Crippen molar-refractivity contribution >= 4 is 11.3 Å². The highest BCUT2D eigenvalue weighted by molar-refractivity contribution is 7.12. The minimum atomic E-state index is -0.323. The molecule has 0 radical (unpaired) electrons. The van der Waals surface area contributed by atoms with Gasteiger partial charge in [0.15, 0.2) is 0 Å². The lowest BCUT2D eigenvalue weighted by atomic mass is 9.98. The summed E-state index contributed by atoms with van der Waals surface area (Å²) >= 11 is 1.81. The fraction of sp³-hybridized carbons (Fsp3) is 0.533. The van der Waals surface area contributed by atoms with Crippen LogP contribution in [-0.4, -0.2) is 14.9 Å². The topological polar surface area (TPSA) is 38.0 Å². The van der Waals surface area contributed by atoms with Gasteiger partial charge in [-0.2, -0.15) is 5.10 Å². The van der Waals surface area contributed by atoms with Gasteiger partial charge in [-0.15, -0.1) is 11.3 Å². The minimum absolute atomic E-state index is 0.323. The van der Waals surface area contributed by atoms with Crippen LogP contribution in [0.3, 0.4) is 0 Å². The van der Waals surface area contributed by atoms with Crippen LogP contribution in [0, 0.1) is 0 Å². The average Bonchev–Trinajstić information content (AvgIpc) is 3.01. The third kappa shape index (κ3) is 2.90. The van der Waals surface area contributed by atoms with Crippen molar-refractivity contribution in [3.05, 3.63) is 39.3 Å². The number of nitrogens with zero attached hydrogens (tertiary/aromatic N) is 2. The third-order valence-electron chi connectivity index (χ3n) is 3.81. The van der Waals surface area contributed by atoms with Gasteiger partial charge in [0.1, 0.15) is 0 Å². The highest BCUT2D eigenvalue weighted by Gasteiger charge is 2.17. The van der Waals surface area contributed by atoms with Gasteiger partial charge in [-0.3, -0.25) is 4.68 Å². The van der Waals surface area contributed by atoms with E-state index in [1.807, 2.05) is 35.5 Å². The molecule has 0 amide bonds. The van der Waals surface area contributed by atoms with Gasteiger partial charge in [-0.05, 0) is 55.7 Å². The van der Waals surface area contributed by atoms with E-state index in [-0.39, 0.29) is 6.10 Å². The van der Waals surface area contributed by atoms with E-state index in [2.05, 4.69) is 11.2 Å². The molecule has 19 heavy (non-hydrogen) atoms. The standard InChI is InChI=1S/C15H20N2OS/c1-17-10-11(9-16-17)6-7-13(18)15-8-12-4-2-3-5-14(12)19-15/h8-10,13,18H,2-7H2,1H3. The summed E-state index contributed by atoms with van der Waals surface area (Å²) in [6, 6.07) is 2.23. The van der Waals surface area contributed by atoms with E-state index in [0.717, 1.165) is 17.7 Å². The van der Waals surface area contributed by atoms with Gasteiger partial charge in [0.2, 0.25) is 0 Å². The van der Waals surface area contributed by atoms with Crippen molar-refractivity contribution in [2.45, 2.75) is 44.6 Å². The molecule has 0 aromatic carbocycles. The summed E-state index contributed by atoms with van der Waals surface area (Å²) in [7, 11) is 1.92. The van der Waals surface area contributed by atoms with Crippen molar-refractivity contribution in [3.63, 3.8) is 0 Å². The summed E-state index contributed by atoms with van der Waals surface area (Å²) in [5, 5.41) is 14.5. The Kier molecular flexibility index (Phi) is 3.71. The number of aliphatic hydroxyl groups is 1. The van der Waals surface area contributed by atoms with Crippen molar-refractivity contribution in [3.8, 4) is 0 Å². The molecule has 0 bridgehead atoms. The predicted molar refractivity (Wildman–Crippen MR) is 77.4 cm³/mol. The molecule has 0 spiro atoms. The maximum absolute atomic E-state index is 10.3. The van der Waals surface area contributed by atoms with Gasteiger partial charge in [0.25, 0.3) is 0 Å². The van der Waals surface area contributed by atoms with Gasteiger partial charge in [-0.1, -0.05) is 0 Å². The number of fused-ring (bicyclic) bond motifs is 1. The van der Waals surface area contributed by atoms with Gasteiger partial charge >= 0.3 is 0 Å². The number of hydrogen-bond acceptors (Lipinski definition) is 3. The molecule has 0 aliphatic heterocycles. The second kappa shape index (κ2) is 5.47. The van der Waals surface area contributed by atoms with Crippen molar-refractivity contribution in [1.82, 2.24) is 9.78 Å². The molecule has 2 heterocycles. The first-order valence-corrected chi connectivity index (χ1v) is 7.81. The molecular formula is C15H20N2OS. The van der Waals surface area contributed by atoms with Crippen molar-refractivity contribution < 1.29 is 5.11 Å². The Hall–Kier alpha value is -1.13.